The summed E-state index contributed by atoms with van der Waals surface area (Å²) in [5.74, 6) is -0.243. The monoisotopic (exact) mass is 258 g/mol. The number of benzene rings is 1. The van der Waals surface area contributed by atoms with E-state index in [1.54, 1.807) is 13.2 Å². The van der Waals surface area contributed by atoms with Gasteiger partial charge in [0.15, 0.2) is 0 Å². The van der Waals surface area contributed by atoms with Gasteiger partial charge in [0.05, 0.1) is 31.8 Å². The highest BCUT2D eigenvalue weighted by atomic mass is 35.5. The van der Waals surface area contributed by atoms with Crippen molar-refractivity contribution in [2.24, 2.45) is 0 Å². The number of aryl methyl sites for hydroxylation is 1. The van der Waals surface area contributed by atoms with Gasteiger partial charge in [0.25, 0.3) is 0 Å². The lowest BCUT2D eigenvalue weighted by atomic mass is 10.1. The molecule has 0 saturated carbocycles. The van der Waals surface area contributed by atoms with E-state index in [-0.39, 0.29) is 13.0 Å². The number of rotatable bonds is 6. The van der Waals surface area contributed by atoms with Crippen molar-refractivity contribution in [3.8, 4) is 5.75 Å². The van der Waals surface area contributed by atoms with Crippen LogP contribution in [0.15, 0.2) is 12.1 Å². The van der Waals surface area contributed by atoms with E-state index < -0.39 is 5.97 Å². The number of hydrogen-bond donors (Lipinski definition) is 1. The molecule has 5 heteroatoms. The first-order valence-corrected chi connectivity index (χ1v) is 5.55. The van der Waals surface area contributed by atoms with E-state index in [4.69, 9.17) is 26.2 Å². The number of hydrogen-bond acceptors (Lipinski definition) is 3. The van der Waals surface area contributed by atoms with Crippen LogP contribution in [0, 0.1) is 6.92 Å². The van der Waals surface area contributed by atoms with Crippen LogP contribution in [-0.4, -0.2) is 24.8 Å². The van der Waals surface area contributed by atoms with E-state index in [0.717, 1.165) is 11.1 Å². The van der Waals surface area contributed by atoms with Crippen LogP contribution >= 0.6 is 11.6 Å². The average Bonchev–Trinajstić information content (AvgIpc) is 2.28. The molecule has 0 aromatic heterocycles. The summed E-state index contributed by atoms with van der Waals surface area (Å²) in [7, 11) is 1.56. The van der Waals surface area contributed by atoms with Crippen LogP contribution in [0.2, 0.25) is 5.02 Å². The Kier molecular flexibility index (Phi) is 5.25. The number of methoxy groups -OCH3 is 1. The van der Waals surface area contributed by atoms with Crippen molar-refractivity contribution in [1.82, 2.24) is 0 Å². The summed E-state index contributed by atoms with van der Waals surface area (Å²) in [6, 6.07) is 3.61. The number of ether oxygens (including phenoxy) is 2. The van der Waals surface area contributed by atoms with Crippen molar-refractivity contribution in [2.45, 2.75) is 20.0 Å². The SMILES string of the molecule is COc1cc(C)c(COCCC(=O)O)cc1Cl. The maximum absolute atomic E-state index is 10.3. The lowest BCUT2D eigenvalue weighted by Crippen LogP contribution is -2.03. The molecule has 0 bridgehead atoms. The number of carboxylic acids is 1. The Morgan fingerprint density at radius 2 is 2.18 bits per heavy atom. The second-order valence-corrected chi connectivity index (χ2v) is 4.02. The van der Waals surface area contributed by atoms with E-state index in [9.17, 15) is 4.79 Å². The molecular weight excluding hydrogens is 244 g/mol. The molecule has 0 aliphatic carbocycles. The summed E-state index contributed by atoms with van der Waals surface area (Å²) in [5.41, 5.74) is 1.93. The molecule has 0 saturated heterocycles. The van der Waals surface area contributed by atoms with E-state index in [1.165, 1.54) is 0 Å². The molecule has 1 aromatic carbocycles. The Balaban J connectivity index is 2.59. The highest BCUT2D eigenvalue weighted by Gasteiger charge is 2.06. The van der Waals surface area contributed by atoms with Crippen molar-refractivity contribution in [2.75, 3.05) is 13.7 Å². The minimum Gasteiger partial charge on any atom is -0.495 e. The Labute approximate surface area is 105 Å². The third-order valence-corrected chi connectivity index (χ3v) is 2.62. The van der Waals surface area contributed by atoms with Crippen molar-refractivity contribution < 1.29 is 19.4 Å². The van der Waals surface area contributed by atoms with Gasteiger partial charge in [-0.1, -0.05) is 11.6 Å². The fourth-order valence-corrected chi connectivity index (χ4v) is 1.61. The fourth-order valence-electron chi connectivity index (χ4n) is 1.35. The van der Waals surface area contributed by atoms with E-state index in [0.29, 0.717) is 17.4 Å². The third-order valence-electron chi connectivity index (χ3n) is 2.33. The number of carbonyl (C=O) groups is 1. The minimum absolute atomic E-state index is 0.00291. The molecule has 0 aliphatic heterocycles. The molecule has 94 valence electrons. The highest BCUT2D eigenvalue weighted by Crippen LogP contribution is 2.28. The summed E-state index contributed by atoms with van der Waals surface area (Å²) in [5, 5.41) is 8.98. The summed E-state index contributed by atoms with van der Waals surface area (Å²) in [6.07, 6.45) is 0.00291. The van der Waals surface area contributed by atoms with Gasteiger partial charge in [-0.25, -0.2) is 0 Å². The molecule has 4 nitrogen and oxygen atoms in total. The lowest BCUT2D eigenvalue weighted by molar-refractivity contribution is -0.138. The first-order chi connectivity index (χ1) is 8.04. The van der Waals surface area contributed by atoms with Gasteiger partial charge in [0.1, 0.15) is 5.75 Å². The summed E-state index contributed by atoms with van der Waals surface area (Å²) < 4.78 is 10.3. The fraction of sp³-hybridized carbons (Fsp3) is 0.417. The van der Waals surface area contributed by atoms with Crippen molar-refractivity contribution in [3.05, 3.63) is 28.3 Å². The van der Waals surface area contributed by atoms with Crippen LogP contribution in [0.5, 0.6) is 5.75 Å². The smallest absolute Gasteiger partial charge is 0.305 e. The molecule has 1 aromatic rings. The largest absolute Gasteiger partial charge is 0.495 e. The van der Waals surface area contributed by atoms with Crippen LogP contribution in [0.4, 0.5) is 0 Å². The third kappa shape index (κ3) is 4.24. The summed E-state index contributed by atoms with van der Waals surface area (Å²) >= 11 is 5.99. The zero-order chi connectivity index (χ0) is 12.8. The van der Waals surface area contributed by atoms with Gasteiger partial charge >= 0.3 is 5.97 Å². The van der Waals surface area contributed by atoms with E-state index >= 15 is 0 Å². The molecule has 0 radical (unpaired) electrons. The maximum atomic E-state index is 10.3. The van der Waals surface area contributed by atoms with E-state index in [1.807, 2.05) is 13.0 Å². The minimum atomic E-state index is -0.866. The summed E-state index contributed by atoms with van der Waals surface area (Å²) in [4.78, 5) is 10.3. The molecule has 0 heterocycles. The molecule has 0 spiro atoms. The van der Waals surface area contributed by atoms with Gasteiger partial charge in [-0.15, -0.1) is 0 Å². The predicted molar refractivity (Wildman–Crippen MR) is 64.6 cm³/mol. The zero-order valence-electron chi connectivity index (χ0n) is 9.83. The zero-order valence-corrected chi connectivity index (χ0v) is 10.6. The topological polar surface area (TPSA) is 55.8 Å². The van der Waals surface area contributed by atoms with Crippen LogP contribution < -0.4 is 4.74 Å². The first-order valence-electron chi connectivity index (χ1n) is 5.17. The van der Waals surface area contributed by atoms with Crippen molar-refractivity contribution in [3.63, 3.8) is 0 Å². The predicted octanol–water partition coefficient (Wildman–Crippen LogP) is 2.65. The Bertz CT molecular complexity index is 404. The normalized spacial score (nSPS) is 10.3. The first kappa shape index (κ1) is 13.8. The van der Waals surface area contributed by atoms with Crippen LogP contribution in [0.1, 0.15) is 17.5 Å². The molecule has 1 rings (SSSR count). The number of carboxylic acid groups (broad SMARTS) is 1. The van der Waals surface area contributed by atoms with Crippen LogP contribution in [-0.2, 0) is 16.1 Å². The second-order valence-electron chi connectivity index (χ2n) is 3.61. The second kappa shape index (κ2) is 6.47. The van der Waals surface area contributed by atoms with E-state index in [2.05, 4.69) is 0 Å². The standard InChI is InChI=1S/C12H15ClO4/c1-8-5-11(16-2)10(13)6-9(8)7-17-4-3-12(14)15/h5-6H,3-4,7H2,1-2H3,(H,14,15). The highest BCUT2D eigenvalue weighted by molar-refractivity contribution is 6.32. The molecule has 0 atom stereocenters. The quantitative estimate of drug-likeness (QED) is 0.797. The molecule has 0 aliphatic rings. The van der Waals surface area contributed by atoms with Gasteiger partial charge in [0, 0.05) is 0 Å². The van der Waals surface area contributed by atoms with Gasteiger partial charge in [-0.3, -0.25) is 4.79 Å². The van der Waals surface area contributed by atoms with Gasteiger partial charge in [0.2, 0.25) is 0 Å². The van der Waals surface area contributed by atoms with Gasteiger partial charge in [-0.05, 0) is 30.2 Å². The average molecular weight is 259 g/mol. The van der Waals surface area contributed by atoms with Crippen LogP contribution in [0.25, 0.3) is 0 Å². The van der Waals surface area contributed by atoms with Crippen molar-refractivity contribution >= 4 is 17.6 Å². The van der Waals surface area contributed by atoms with Gasteiger partial charge < -0.3 is 14.6 Å². The Hall–Kier alpha value is -1.26. The molecule has 0 amide bonds. The number of aliphatic carboxylic acids is 1. The molecular formula is C12H15ClO4. The molecule has 17 heavy (non-hydrogen) atoms. The molecule has 0 unspecified atom stereocenters. The summed E-state index contributed by atoms with van der Waals surface area (Å²) in [6.45, 7) is 2.47. The number of halogens is 1. The molecule has 0 fully saturated rings. The maximum Gasteiger partial charge on any atom is 0.305 e. The van der Waals surface area contributed by atoms with Gasteiger partial charge in [-0.2, -0.15) is 0 Å². The lowest BCUT2D eigenvalue weighted by Gasteiger charge is -2.10. The molecule has 1 N–H and O–H groups in total. The Morgan fingerprint density at radius 1 is 1.47 bits per heavy atom. The van der Waals surface area contributed by atoms with Crippen molar-refractivity contribution in [1.29, 1.82) is 0 Å². The van der Waals surface area contributed by atoms with Crippen LogP contribution in [0.3, 0.4) is 0 Å². The Morgan fingerprint density at radius 3 is 2.76 bits per heavy atom.